The lowest BCUT2D eigenvalue weighted by Crippen LogP contribution is -2.44. The van der Waals surface area contributed by atoms with Crippen LogP contribution in [-0.4, -0.2) is 22.0 Å². The van der Waals surface area contributed by atoms with Gasteiger partial charge < -0.3 is 0 Å². The van der Waals surface area contributed by atoms with Crippen molar-refractivity contribution in [2.45, 2.75) is 39.3 Å². The van der Waals surface area contributed by atoms with Gasteiger partial charge in [0.25, 0.3) is 0 Å². The van der Waals surface area contributed by atoms with Crippen LogP contribution in [0.5, 0.6) is 0 Å². The first-order valence-electron chi connectivity index (χ1n) is 8.73. The van der Waals surface area contributed by atoms with Gasteiger partial charge in [-0.1, -0.05) is 80.3 Å². The molecule has 0 unspecified atom stereocenters. The van der Waals surface area contributed by atoms with Crippen LogP contribution in [0.15, 0.2) is 64.7 Å². The lowest BCUT2D eigenvalue weighted by molar-refractivity contribution is 1.42. The summed E-state index contributed by atoms with van der Waals surface area (Å²) in [6.45, 7) is 14.1. The number of hydrogen-bond acceptors (Lipinski definition) is 1. The highest BCUT2D eigenvalue weighted by atomic mass is 32.2. The van der Waals surface area contributed by atoms with Crippen LogP contribution >= 0.6 is 7.92 Å². The molecule has 0 saturated carbocycles. The van der Waals surface area contributed by atoms with Gasteiger partial charge in [0.15, 0.2) is 8.24 Å². The van der Waals surface area contributed by atoms with Gasteiger partial charge in [0.05, 0.1) is 0 Å². The van der Waals surface area contributed by atoms with Crippen LogP contribution in [0.1, 0.15) is 0 Å². The maximum absolute atomic E-state index is 5.29. The molecule has 2 aromatic rings. The smallest absolute Gasteiger partial charge is 0.183 e. The van der Waals surface area contributed by atoms with E-state index in [9.17, 15) is 0 Å². The molecule has 1 atom stereocenters. The summed E-state index contributed by atoms with van der Waals surface area (Å²) < 4.78 is 9.23. The topological polar surface area (TPSA) is 24.4 Å². The van der Waals surface area contributed by atoms with Crippen molar-refractivity contribution in [3.8, 4) is 0 Å². The zero-order valence-electron chi connectivity index (χ0n) is 16.3. The molecule has 0 amide bonds. The summed E-state index contributed by atoms with van der Waals surface area (Å²) in [5.41, 5.74) is 1.11. The molecule has 0 fully saturated rings. The van der Waals surface area contributed by atoms with Crippen molar-refractivity contribution in [3.05, 3.63) is 60.7 Å². The van der Waals surface area contributed by atoms with Crippen LogP contribution in [0.4, 0.5) is 0 Å². The van der Waals surface area contributed by atoms with Crippen molar-refractivity contribution in [1.82, 2.24) is 4.39 Å². The van der Waals surface area contributed by atoms with E-state index in [0.29, 0.717) is 0 Å². The SMILES string of the molecule is C[Si](C)(C)/N=[S@](\CP(c1ccccc1)c1ccccc1)N[Si](C)(C)C. The van der Waals surface area contributed by atoms with E-state index < -0.39 is 24.4 Å². The average Bonchev–Trinajstić information content (AvgIpc) is 2.51. The Kier molecular flexibility index (Phi) is 7.35. The normalized spacial score (nSPS) is 14.0. The van der Waals surface area contributed by atoms with Gasteiger partial charge in [0, 0.05) is 5.49 Å². The molecule has 2 aromatic carbocycles. The van der Waals surface area contributed by atoms with Crippen LogP contribution in [-0.2, 0) is 10.9 Å². The molecule has 0 radical (unpaired) electrons. The minimum Gasteiger partial charge on any atom is -0.290 e. The van der Waals surface area contributed by atoms with Crippen molar-refractivity contribution in [1.29, 1.82) is 0 Å². The maximum atomic E-state index is 5.29. The van der Waals surface area contributed by atoms with Gasteiger partial charge in [-0.2, -0.15) is 0 Å². The molecule has 0 aliphatic heterocycles. The van der Waals surface area contributed by atoms with Crippen molar-refractivity contribution in [2.24, 2.45) is 4.03 Å². The zero-order valence-corrected chi connectivity index (χ0v) is 20.0. The summed E-state index contributed by atoms with van der Waals surface area (Å²) in [5.74, 6) is 0. The Hall–Kier alpha value is -0.586. The highest BCUT2D eigenvalue weighted by Crippen LogP contribution is 2.34. The molecule has 0 bridgehead atoms. The number of nitrogens with one attached hydrogen (secondary N) is 1. The number of benzene rings is 2. The molecular weight excluding hydrogens is 375 g/mol. The molecule has 0 spiro atoms. The molecule has 2 rings (SSSR count). The molecule has 0 saturated heterocycles. The Morgan fingerprint density at radius 3 is 1.60 bits per heavy atom. The van der Waals surface area contributed by atoms with Crippen LogP contribution in [0.25, 0.3) is 0 Å². The number of hydrogen-bond donors (Lipinski definition) is 1. The molecule has 136 valence electrons. The van der Waals surface area contributed by atoms with Crippen molar-refractivity contribution in [3.63, 3.8) is 0 Å². The molecule has 0 aromatic heterocycles. The number of nitrogens with zero attached hydrogens (tertiary/aromatic N) is 1. The predicted molar refractivity (Wildman–Crippen MR) is 124 cm³/mol. The Morgan fingerprint density at radius 2 is 1.24 bits per heavy atom. The van der Waals surface area contributed by atoms with Crippen molar-refractivity contribution in [2.75, 3.05) is 5.49 Å². The summed E-state index contributed by atoms with van der Waals surface area (Å²) in [6, 6.07) is 22.0. The average molecular weight is 407 g/mol. The van der Waals surface area contributed by atoms with Crippen LogP contribution in [0, 0.1) is 0 Å². The molecule has 1 N–H and O–H groups in total. The van der Waals surface area contributed by atoms with Crippen LogP contribution in [0.2, 0.25) is 39.3 Å². The monoisotopic (exact) mass is 406 g/mol. The first-order valence-corrected chi connectivity index (χ1v) is 18.6. The first-order chi connectivity index (χ1) is 11.6. The second-order valence-corrected chi connectivity index (χ2v) is 22.2. The third-order valence-electron chi connectivity index (χ3n) is 3.20. The highest BCUT2D eigenvalue weighted by molar-refractivity contribution is 7.97. The van der Waals surface area contributed by atoms with Crippen LogP contribution in [0.3, 0.4) is 0 Å². The molecule has 25 heavy (non-hydrogen) atoms. The Morgan fingerprint density at radius 1 is 0.800 bits per heavy atom. The van der Waals surface area contributed by atoms with E-state index in [1.807, 2.05) is 0 Å². The predicted octanol–water partition coefficient (Wildman–Crippen LogP) is 5.05. The van der Waals surface area contributed by atoms with Crippen molar-refractivity contribution < 1.29 is 0 Å². The highest BCUT2D eigenvalue weighted by Gasteiger charge is 2.22. The maximum Gasteiger partial charge on any atom is 0.183 e. The van der Waals surface area contributed by atoms with Gasteiger partial charge in [0.1, 0.15) is 8.24 Å². The Labute approximate surface area is 159 Å². The lowest BCUT2D eigenvalue weighted by Gasteiger charge is -2.27. The summed E-state index contributed by atoms with van der Waals surface area (Å²) >= 11 is 0. The zero-order chi connectivity index (χ0) is 18.5. The van der Waals surface area contributed by atoms with Gasteiger partial charge in [-0.15, -0.1) is 0 Å². The Bertz CT molecular complexity index is 655. The fourth-order valence-corrected chi connectivity index (χ4v) is 13.6. The largest absolute Gasteiger partial charge is 0.290 e. The molecule has 6 heteroatoms. The fourth-order valence-electron chi connectivity index (χ4n) is 2.40. The standard InChI is InChI=1S/C19H31N2PSSi2/c1-24(2,3)20-23(21-25(4,5)6)17-22(18-13-9-7-10-14-18)19-15-11-8-12-16-19/h7-16H,17H2,1-6H3,(H,20,21). The summed E-state index contributed by atoms with van der Waals surface area (Å²) in [6.07, 6.45) is 0. The summed E-state index contributed by atoms with van der Waals surface area (Å²) in [5, 5.41) is 2.90. The van der Waals surface area contributed by atoms with E-state index in [1.54, 1.807) is 0 Å². The number of rotatable bonds is 7. The van der Waals surface area contributed by atoms with E-state index in [2.05, 4.69) is 104 Å². The third kappa shape index (κ3) is 7.67. The van der Waals surface area contributed by atoms with E-state index in [0.717, 1.165) is 5.49 Å². The van der Waals surface area contributed by atoms with E-state index in [-0.39, 0.29) is 10.9 Å². The molecular formula is C19H31N2PSSi2. The molecule has 2 nitrogen and oxygen atoms in total. The van der Waals surface area contributed by atoms with E-state index >= 15 is 0 Å². The summed E-state index contributed by atoms with van der Waals surface area (Å²) in [7, 11) is -3.33. The van der Waals surface area contributed by atoms with Crippen LogP contribution < -0.4 is 15.0 Å². The second kappa shape index (κ2) is 8.87. The second-order valence-electron chi connectivity index (χ2n) is 8.21. The van der Waals surface area contributed by atoms with Gasteiger partial charge in [-0.3, -0.25) is 8.42 Å². The van der Waals surface area contributed by atoms with E-state index in [1.165, 1.54) is 10.6 Å². The van der Waals surface area contributed by atoms with Gasteiger partial charge in [-0.25, -0.2) is 0 Å². The van der Waals surface area contributed by atoms with Gasteiger partial charge >= 0.3 is 0 Å². The molecule has 0 aliphatic rings. The van der Waals surface area contributed by atoms with Gasteiger partial charge in [0.2, 0.25) is 0 Å². The van der Waals surface area contributed by atoms with Crippen molar-refractivity contribution >= 4 is 45.9 Å². The van der Waals surface area contributed by atoms with E-state index in [4.69, 9.17) is 4.03 Å². The Balaban J connectivity index is 2.41. The summed E-state index contributed by atoms with van der Waals surface area (Å²) in [4.78, 5) is 0. The minimum absolute atomic E-state index is 0.0672. The first kappa shape index (κ1) is 20.7. The molecule has 0 heterocycles. The fraction of sp³-hybridized carbons (Fsp3) is 0.368. The molecule has 0 aliphatic carbocycles. The lowest BCUT2D eigenvalue weighted by atomic mass is 10.4. The third-order valence-corrected chi connectivity index (χ3v) is 13.5. The van der Waals surface area contributed by atoms with Gasteiger partial charge in [-0.05, 0) is 49.0 Å². The minimum atomic E-state index is -1.48. The quantitative estimate of drug-likeness (QED) is 0.505.